The second kappa shape index (κ2) is 69.2. The summed E-state index contributed by atoms with van der Waals surface area (Å²) in [6.45, 7) is 8.32. The molecule has 0 radical (unpaired) electrons. The Hall–Kier alpha value is -9.86. The van der Waals surface area contributed by atoms with Crippen molar-refractivity contribution < 1.29 is 169 Å². The summed E-state index contributed by atoms with van der Waals surface area (Å²) in [6.07, 6.45) is -1.51. The molecule has 598 valence electrons. The first-order valence-electron chi connectivity index (χ1n) is 29.1. The number of nitrogens with two attached hydrogens (primary N) is 12. The van der Waals surface area contributed by atoms with Gasteiger partial charge in [0.05, 0.1) is 45.0 Å². The normalized spacial score (nSPS) is 13.4. The van der Waals surface area contributed by atoms with Crippen LogP contribution < -0.4 is 68.8 Å². The molecular weight excluding hydrogens is 1400 g/mol. The maximum atomic E-state index is 10.4. The van der Waals surface area contributed by atoms with E-state index in [1.54, 1.807) is 26.0 Å². The van der Waals surface area contributed by atoms with Crippen molar-refractivity contribution in [3.63, 3.8) is 0 Å². The lowest BCUT2D eigenvalue weighted by molar-refractivity contribution is -0.144. The number of phenolic OH excluding ortho intramolecular Hbond substituents is 1. The van der Waals surface area contributed by atoms with Crippen LogP contribution in [0, 0.1) is 11.8 Å². The van der Waals surface area contributed by atoms with Gasteiger partial charge >= 0.3 is 83.6 Å². The Kier molecular flexibility index (Phi) is 76.9. The minimum absolute atomic E-state index is 0.0208. The van der Waals surface area contributed by atoms with E-state index >= 15 is 0 Å². The zero-order chi connectivity index (χ0) is 83.9. The average molecular weight is 1500 g/mol. The van der Waals surface area contributed by atoms with E-state index in [1.165, 1.54) is 26.0 Å². The molecule has 0 aromatic heterocycles. The summed E-state index contributed by atoms with van der Waals surface area (Å²) in [7, 11) is 0. The first-order chi connectivity index (χ1) is 46.9. The Balaban J connectivity index is -0.000000115. The number of rotatable bonds is 29. The van der Waals surface area contributed by atoms with Crippen molar-refractivity contribution in [3.05, 3.63) is 65.7 Å². The number of carboxylic acids is 14. The topological polar surface area (TPSA) is 956 Å². The number of carbonyl (C=O) groups is 14. The third-order valence-corrected chi connectivity index (χ3v) is 10.4. The van der Waals surface area contributed by atoms with Crippen molar-refractivity contribution in [2.45, 2.75) is 159 Å². The quantitative estimate of drug-likeness (QED) is 0.0360. The van der Waals surface area contributed by atoms with Crippen molar-refractivity contribution in [3.8, 4) is 5.75 Å². The molecule has 0 aliphatic heterocycles. The number of aliphatic hydroxyl groups excluding tert-OH is 5. The molecule has 13 atom stereocenters. The minimum atomic E-state index is -1.29. The zero-order valence-corrected chi connectivity index (χ0v) is 57.0. The van der Waals surface area contributed by atoms with Gasteiger partial charge in [-0.05, 0) is 74.6 Å². The van der Waals surface area contributed by atoms with Crippen LogP contribution in [-0.2, 0) is 80.0 Å². The fourth-order valence-corrected chi connectivity index (χ4v) is 4.15. The Bertz CT molecular complexity index is 2600. The highest BCUT2D eigenvalue weighted by atomic mass is 16.4. The van der Waals surface area contributed by atoms with Crippen LogP contribution in [0.1, 0.15) is 78.4 Å². The van der Waals surface area contributed by atoms with Crippen LogP contribution in [0.4, 0.5) is 0 Å². The van der Waals surface area contributed by atoms with Gasteiger partial charge in [0, 0.05) is 6.42 Å². The van der Waals surface area contributed by atoms with E-state index in [9.17, 15) is 67.1 Å². The van der Waals surface area contributed by atoms with Crippen LogP contribution in [0.25, 0.3) is 0 Å². The van der Waals surface area contributed by atoms with E-state index in [4.69, 9.17) is 165 Å². The Labute approximate surface area is 588 Å². The minimum Gasteiger partial charge on any atom is -0.508 e. The molecule has 0 aliphatic rings. The fraction of sp³-hybridized carbons (Fsp3) is 0.544. The lowest BCUT2D eigenvalue weighted by Gasteiger charge is -2.07. The predicted octanol–water partition coefficient (Wildman–Crippen LogP) is -8.62. The van der Waals surface area contributed by atoms with Crippen LogP contribution >= 0.6 is 0 Å². The summed E-state index contributed by atoms with van der Waals surface area (Å²) >= 11 is 0. The molecule has 0 amide bonds. The maximum Gasteiger partial charge on any atom is 0.323 e. The molecule has 0 spiro atoms. The van der Waals surface area contributed by atoms with Crippen LogP contribution in [0.2, 0.25) is 0 Å². The number of aromatic hydroxyl groups is 1. The number of hydrogen-bond acceptors (Lipinski definition) is 32. The van der Waals surface area contributed by atoms with E-state index in [-0.39, 0.29) is 37.5 Å². The highest BCUT2D eigenvalue weighted by molar-refractivity contribution is 5.80. The Morgan fingerprint density at radius 3 is 0.757 bits per heavy atom. The molecule has 2 rings (SSSR count). The van der Waals surface area contributed by atoms with Gasteiger partial charge < -0.3 is 171 Å². The number of benzene rings is 2. The molecule has 0 bridgehead atoms. The summed E-state index contributed by atoms with van der Waals surface area (Å²) in [5.74, 6) is -14.8. The van der Waals surface area contributed by atoms with Crippen LogP contribution in [0.15, 0.2) is 54.6 Å². The predicted molar refractivity (Wildman–Crippen MR) is 358 cm³/mol. The first kappa shape index (κ1) is 114. The van der Waals surface area contributed by atoms with E-state index in [0.29, 0.717) is 18.8 Å². The first-order valence-corrected chi connectivity index (χ1v) is 29.1. The summed E-state index contributed by atoms with van der Waals surface area (Å²) in [6, 6.07) is 4.53. The van der Waals surface area contributed by atoms with Gasteiger partial charge in [0.2, 0.25) is 0 Å². The van der Waals surface area contributed by atoms with E-state index in [2.05, 4.69) is 5.73 Å². The molecule has 2 aromatic carbocycles. The van der Waals surface area contributed by atoms with Gasteiger partial charge in [0.25, 0.3) is 0 Å². The van der Waals surface area contributed by atoms with Gasteiger partial charge in [-0.25, -0.2) is 0 Å². The van der Waals surface area contributed by atoms with E-state index in [0.717, 1.165) is 11.1 Å². The number of aliphatic carboxylic acids is 14. The van der Waals surface area contributed by atoms with Crippen LogP contribution in [0.5, 0.6) is 5.75 Å². The molecule has 0 unspecified atom stereocenters. The molecule has 2 aromatic rings. The van der Waals surface area contributed by atoms with Crippen molar-refractivity contribution >= 4 is 83.6 Å². The van der Waals surface area contributed by atoms with Crippen molar-refractivity contribution in [2.75, 3.05) is 26.4 Å². The molecular formula is C57H106N12O34. The second-order valence-electron chi connectivity index (χ2n) is 20.7. The third kappa shape index (κ3) is 86.3. The molecule has 44 N–H and O–H groups in total. The standard InChI is InChI=1S/C9H11NO3.C9H11NO2.C6H13NO2.C5H9NO4.C5H11NO2.C4H7NO4.2C4H9NO3.3C3H7NO3.C2H5NO2/c10-8(9(12)13)5-6-1-3-7(11)4-2-6;10-8(9(11)12)6-7-4-2-1-3-5-7;1-4(2)3-5(7)6(8)9;6-3(5(9)10)1-2-4(7)8;1-3(2)4(6)5(7)8;5-2(4(8)9)1-3(6)7;2*1-2(6)3(5)4(7)8;3*4-2(1-5)3(6)7;3-1-2(4)5/h1-4,8,11H,5,10H2,(H,12,13);1-5,8H,6,10H2,(H,11,12);4-5H,3,7H2,1-2H3,(H,8,9);3H,1-2,6H2,(H,7,8)(H,9,10);3-4H,6H2,1-2H3,(H,7,8);2H,1,5H2,(H,6,7)(H,8,9);2*2-3,6H,5H2,1H3,(H,7,8);3*2,5H,1,4H2,(H,6,7);1,3H2,(H,4,5)/t2*8-;5-;3-;4-;2-;2*2-,3+;3*2-;/m00000011000./s1. The molecule has 46 nitrogen and oxygen atoms in total. The number of phenols is 1. The van der Waals surface area contributed by atoms with Gasteiger partial charge in [-0.3, -0.25) is 67.1 Å². The molecule has 0 saturated carbocycles. The van der Waals surface area contributed by atoms with Crippen molar-refractivity contribution in [2.24, 2.45) is 80.6 Å². The highest BCUT2D eigenvalue weighted by Gasteiger charge is 2.19. The summed E-state index contributed by atoms with van der Waals surface area (Å²) in [5, 5.41) is 163. The Morgan fingerprint density at radius 1 is 0.340 bits per heavy atom. The summed E-state index contributed by atoms with van der Waals surface area (Å²) in [5.41, 5.74) is 61.3. The second-order valence-corrected chi connectivity index (χ2v) is 20.7. The molecule has 103 heavy (non-hydrogen) atoms. The summed E-state index contributed by atoms with van der Waals surface area (Å²) < 4.78 is 0. The van der Waals surface area contributed by atoms with Crippen molar-refractivity contribution in [1.82, 2.24) is 0 Å². The molecule has 0 heterocycles. The smallest absolute Gasteiger partial charge is 0.323 e. The highest BCUT2D eigenvalue weighted by Crippen LogP contribution is 2.11. The lowest BCUT2D eigenvalue weighted by Crippen LogP contribution is -2.39. The van der Waals surface area contributed by atoms with E-state index < -0.39 is 188 Å². The number of carboxylic acid groups (broad SMARTS) is 14. The van der Waals surface area contributed by atoms with E-state index in [1.807, 2.05) is 44.2 Å². The van der Waals surface area contributed by atoms with Crippen molar-refractivity contribution in [1.29, 1.82) is 0 Å². The largest absolute Gasteiger partial charge is 0.508 e. The number of hydrogen-bond donors (Lipinski definition) is 32. The van der Waals surface area contributed by atoms with Gasteiger partial charge in [-0.1, -0.05) is 70.2 Å². The molecule has 0 saturated heterocycles. The fourth-order valence-electron chi connectivity index (χ4n) is 4.15. The SMILES string of the molecule is CC(C)C[C@H](N)C(=O)O.CC(C)[C@H](N)C(=O)O.C[C@@H](O)[C@H](N)C(=O)O.C[C@@H](O)[C@H](N)C(=O)O.NCC(=O)O.N[C@@H](CC(=O)O)C(=O)O.N[C@@H](CCC(=O)O)C(=O)O.N[C@@H](CO)C(=O)O.N[C@@H](CO)C(=O)O.N[C@@H](CO)C(=O)O.N[C@@H](Cc1ccc(O)cc1)C(=O)O.N[C@@H](Cc1ccccc1)C(=O)O. The molecule has 0 aliphatic carbocycles. The molecule has 0 fully saturated rings. The summed E-state index contributed by atoms with van der Waals surface area (Å²) in [4.78, 5) is 138. The van der Waals surface area contributed by atoms with Gasteiger partial charge in [0.15, 0.2) is 0 Å². The van der Waals surface area contributed by atoms with Gasteiger partial charge in [-0.2, -0.15) is 0 Å². The number of aliphatic hydroxyl groups is 5. The monoisotopic (exact) mass is 1500 g/mol. The van der Waals surface area contributed by atoms with Crippen LogP contribution in [0.3, 0.4) is 0 Å². The zero-order valence-electron chi connectivity index (χ0n) is 57.0. The maximum absolute atomic E-state index is 10.4. The lowest BCUT2D eigenvalue weighted by atomic mass is 10.1. The van der Waals surface area contributed by atoms with Gasteiger partial charge in [-0.15, -0.1) is 0 Å². The van der Waals surface area contributed by atoms with Crippen LogP contribution in [-0.4, -0.2) is 291 Å². The Morgan fingerprint density at radius 2 is 0.612 bits per heavy atom. The molecule has 46 heteroatoms. The third-order valence-electron chi connectivity index (χ3n) is 10.4. The van der Waals surface area contributed by atoms with Gasteiger partial charge in [0.1, 0.15) is 72.2 Å². The average Bonchev–Trinajstić information content (AvgIpc) is 0.920.